The van der Waals surface area contributed by atoms with Gasteiger partial charge in [0.05, 0.1) is 12.2 Å². The zero-order valence-electron chi connectivity index (χ0n) is 15.2. The predicted octanol–water partition coefficient (Wildman–Crippen LogP) is 1.74. The zero-order chi connectivity index (χ0) is 19.2. The van der Waals surface area contributed by atoms with Crippen molar-refractivity contribution < 1.29 is 18.8 Å². The van der Waals surface area contributed by atoms with E-state index in [-0.39, 0.29) is 42.4 Å². The molecule has 0 radical (unpaired) electrons. The maximum absolute atomic E-state index is 12.4. The molecule has 1 aliphatic rings. The van der Waals surface area contributed by atoms with E-state index in [9.17, 15) is 14.4 Å². The molecule has 2 N–H and O–H groups in total. The van der Waals surface area contributed by atoms with Crippen LogP contribution in [0.1, 0.15) is 29.5 Å². The first-order chi connectivity index (χ1) is 13.1. The van der Waals surface area contributed by atoms with Crippen LogP contribution in [-0.2, 0) is 16.0 Å². The molecule has 0 aliphatic carbocycles. The molecule has 142 valence electrons. The van der Waals surface area contributed by atoms with E-state index in [0.717, 1.165) is 17.7 Å². The number of benzene rings is 1. The van der Waals surface area contributed by atoms with Crippen LogP contribution in [0.5, 0.6) is 0 Å². The van der Waals surface area contributed by atoms with Gasteiger partial charge in [-0.05, 0) is 30.2 Å². The summed E-state index contributed by atoms with van der Waals surface area (Å²) in [5, 5.41) is 5.45. The van der Waals surface area contributed by atoms with E-state index in [1.165, 1.54) is 6.26 Å². The second-order valence-corrected chi connectivity index (χ2v) is 6.41. The molecule has 1 saturated heterocycles. The molecule has 7 nitrogen and oxygen atoms in total. The Labute approximate surface area is 157 Å². The Bertz CT molecular complexity index is 816. The standard InChI is InChI=1S/C20H23N3O4/c1-2-14-6-3-4-7-16(14)23-13-15(12-18(23)24)19(25)21-9-10-22-20(26)17-8-5-11-27-17/h3-8,11,15H,2,9-10,12-13H2,1H3,(H,21,25)(H,22,26). The number of aryl methyl sites for hydroxylation is 1. The highest BCUT2D eigenvalue weighted by Crippen LogP contribution is 2.28. The van der Waals surface area contributed by atoms with Crippen LogP contribution in [0.4, 0.5) is 5.69 Å². The lowest BCUT2D eigenvalue weighted by Gasteiger charge is -2.20. The molecule has 3 amide bonds. The van der Waals surface area contributed by atoms with Gasteiger partial charge in [0.15, 0.2) is 5.76 Å². The van der Waals surface area contributed by atoms with Gasteiger partial charge in [0.1, 0.15) is 0 Å². The number of furan rings is 1. The quantitative estimate of drug-likeness (QED) is 0.727. The Balaban J connectivity index is 1.48. The normalized spacial score (nSPS) is 16.4. The van der Waals surface area contributed by atoms with Crippen LogP contribution in [0.2, 0.25) is 0 Å². The summed E-state index contributed by atoms with van der Waals surface area (Å²) >= 11 is 0. The third-order valence-electron chi connectivity index (χ3n) is 4.61. The van der Waals surface area contributed by atoms with Gasteiger partial charge >= 0.3 is 0 Å². The van der Waals surface area contributed by atoms with E-state index in [1.54, 1.807) is 17.0 Å². The molecule has 1 fully saturated rings. The zero-order valence-corrected chi connectivity index (χ0v) is 15.2. The molecule has 1 aromatic heterocycles. The lowest BCUT2D eigenvalue weighted by molar-refractivity contribution is -0.126. The highest BCUT2D eigenvalue weighted by molar-refractivity contribution is 6.00. The molecule has 1 aromatic carbocycles. The van der Waals surface area contributed by atoms with E-state index >= 15 is 0 Å². The second-order valence-electron chi connectivity index (χ2n) is 6.41. The van der Waals surface area contributed by atoms with E-state index in [0.29, 0.717) is 13.1 Å². The molecule has 1 aliphatic heterocycles. The number of amides is 3. The third kappa shape index (κ3) is 4.36. The molecule has 27 heavy (non-hydrogen) atoms. The first-order valence-corrected chi connectivity index (χ1v) is 9.07. The number of hydrogen-bond donors (Lipinski definition) is 2. The average Bonchev–Trinajstić information content (AvgIpc) is 3.35. The van der Waals surface area contributed by atoms with Crippen LogP contribution in [0.15, 0.2) is 47.1 Å². The van der Waals surface area contributed by atoms with Crippen molar-refractivity contribution in [2.45, 2.75) is 19.8 Å². The van der Waals surface area contributed by atoms with Gasteiger partial charge in [-0.15, -0.1) is 0 Å². The average molecular weight is 369 g/mol. The van der Waals surface area contributed by atoms with Crippen molar-refractivity contribution in [2.24, 2.45) is 5.92 Å². The molecular formula is C20H23N3O4. The smallest absolute Gasteiger partial charge is 0.287 e. The summed E-state index contributed by atoms with van der Waals surface area (Å²) in [5.74, 6) is -0.696. The van der Waals surface area contributed by atoms with Crippen LogP contribution in [-0.4, -0.2) is 37.4 Å². The van der Waals surface area contributed by atoms with Crippen LogP contribution in [0.25, 0.3) is 0 Å². The Morgan fingerprint density at radius 3 is 2.67 bits per heavy atom. The number of carbonyl (C=O) groups excluding carboxylic acids is 3. The Morgan fingerprint density at radius 2 is 1.93 bits per heavy atom. The van der Waals surface area contributed by atoms with Gasteiger partial charge in [-0.25, -0.2) is 0 Å². The largest absolute Gasteiger partial charge is 0.459 e. The summed E-state index contributed by atoms with van der Waals surface area (Å²) in [7, 11) is 0. The monoisotopic (exact) mass is 369 g/mol. The van der Waals surface area contributed by atoms with E-state index < -0.39 is 0 Å². The van der Waals surface area contributed by atoms with Gasteiger partial charge in [-0.1, -0.05) is 25.1 Å². The molecular weight excluding hydrogens is 346 g/mol. The molecule has 1 unspecified atom stereocenters. The number of hydrogen-bond acceptors (Lipinski definition) is 4. The Morgan fingerprint density at radius 1 is 1.15 bits per heavy atom. The molecule has 7 heteroatoms. The maximum atomic E-state index is 12.4. The number of anilines is 1. The van der Waals surface area contributed by atoms with E-state index in [4.69, 9.17) is 4.42 Å². The van der Waals surface area contributed by atoms with Crippen molar-refractivity contribution in [3.63, 3.8) is 0 Å². The number of carbonyl (C=O) groups is 3. The van der Waals surface area contributed by atoms with Gasteiger partial charge in [0.2, 0.25) is 11.8 Å². The van der Waals surface area contributed by atoms with Gasteiger partial charge in [-0.3, -0.25) is 14.4 Å². The van der Waals surface area contributed by atoms with Gasteiger partial charge in [0.25, 0.3) is 5.91 Å². The summed E-state index contributed by atoms with van der Waals surface area (Å²) in [6.07, 6.45) is 2.45. The van der Waals surface area contributed by atoms with Crippen LogP contribution < -0.4 is 15.5 Å². The summed E-state index contributed by atoms with van der Waals surface area (Å²) in [6.45, 7) is 3.00. The summed E-state index contributed by atoms with van der Waals surface area (Å²) in [4.78, 5) is 38.2. The van der Waals surface area contributed by atoms with Gasteiger partial charge < -0.3 is 20.0 Å². The highest BCUT2D eigenvalue weighted by atomic mass is 16.3. The molecule has 3 rings (SSSR count). The highest BCUT2D eigenvalue weighted by Gasteiger charge is 2.35. The molecule has 1 atom stereocenters. The summed E-state index contributed by atoms with van der Waals surface area (Å²) < 4.78 is 5.00. The SMILES string of the molecule is CCc1ccccc1N1CC(C(=O)NCCNC(=O)c2ccco2)CC1=O. The minimum atomic E-state index is -0.386. The van der Waals surface area contributed by atoms with Crippen molar-refractivity contribution in [1.82, 2.24) is 10.6 Å². The predicted molar refractivity (Wildman–Crippen MR) is 100 cm³/mol. The second kappa shape index (κ2) is 8.53. The fraction of sp³-hybridized carbons (Fsp3) is 0.350. The van der Waals surface area contributed by atoms with E-state index in [1.807, 2.05) is 31.2 Å². The number of nitrogens with one attached hydrogen (secondary N) is 2. The number of rotatable bonds is 7. The Kier molecular flexibility index (Phi) is 5.90. The summed E-state index contributed by atoms with van der Waals surface area (Å²) in [5.41, 5.74) is 1.97. The van der Waals surface area contributed by atoms with Crippen LogP contribution in [0, 0.1) is 5.92 Å². The maximum Gasteiger partial charge on any atom is 0.287 e. The van der Waals surface area contributed by atoms with Crippen molar-refractivity contribution in [3.8, 4) is 0 Å². The fourth-order valence-corrected chi connectivity index (χ4v) is 3.19. The number of para-hydroxylation sites is 1. The van der Waals surface area contributed by atoms with Crippen molar-refractivity contribution >= 4 is 23.4 Å². The Hall–Kier alpha value is -3.09. The lowest BCUT2D eigenvalue weighted by atomic mass is 10.1. The minimum Gasteiger partial charge on any atom is -0.459 e. The van der Waals surface area contributed by atoms with Gasteiger partial charge in [0, 0.05) is 31.7 Å². The topological polar surface area (TPSA) is 91.7 Å². The minimum absolute atomic E-state index is 0.0397. The van der Waals surface area contributed by atoms with Crippen molar-refractivity contribution in [2.75, 3.05) is 24.5 Å². The lowest BCUT2D eigenvalue weighted by Crippen LogP contribution is -2.38. The van der Waals surface area contributed by atoms with E-state index in [2.05, 4.69) is 10.6 Å². The van der Waals surface area contributed by atoms with Crippen LogP contribution >= 0.6 is 0 Å². The van der Waals surface area contributed by atoms with Gasteiger partial charge in [-0.2, -0.15) is 0 Å². The molecule has 2 aromatic rings. The first-order valence-electron chi connectivity index (χ1n) is 9.07. The summed E-state index contributed by atoms with van der Waals surface area (Å²) in [6, 6.07) is 11.0. The molecule has 2 heterocycles. The number of nitrogens with zero attached hydrogens (tertiary/aromatic N) is 1. The molecule has 0 saturated carbocycles. The van der Waals surface area contributed by atoms with Crippen LogP contribution in [0.3, 0.4) is 0 Å². The fourth-order valence-electron chi connectivity index (χ4n) is 3.19. The van der Waals surface area contributed by atoms with Crippen molar-refractivity contribution in [1.29, 1.82) is 0 Å². The first kappa shape index (κ1) is 18.7. The van der Waals surface area contributed by atoms with Crippen molar-refractivity contribution in [3.05, 3.63) is 54.0 Å². The molecule has 0 bridgehead atoms. The molecule has 0 spiro atoms. The third-order valence-corrected chi connectivity index (χ3v) is 4.61.